The molecule has 13 heteroatoms. The monoisotopic (exact) mass is 831 g/mol. The van der Waals surface area contributed by atoms with Crippen LogP contribution in [0.4, 0.5) is 0 Å². The van der Waals surface area contributed by atoms with Crippen LogP contribution < -0.4 is 19.5 Å². The highest BCUT2D eigenvalue weighted by molar-refractivity contribution is 6.42. The number of nitrogens with zero attached hydrogens (tertiary/aromatic N) is 2. The van der Waals surface area contributed by atoms with Crippen LogP contribution in [0, 0.1) is 17.2 Å². The molecular formula is C46H39Cl2N3O8. The summed E-state index contributed by atoms with van der Waals surface area (Å²) in [5, 5.41) is 23.0. The van der Waals surface area contributed by atoms with Gasteiger partial charge in [0, 0.05) is 26.0 Å². The molecule has 0 radical (unpaired) electrons. The predicted molar refractivity (Wildman–Crippen MR) is 219 cm³/mol. The molecule has 5 aromatic carbocycles. The average molecular weight is 833 g/mol. The molecule has 2 amide bonds. The molecule has 1 fully saturated rings. The number of carboxylic acids is 1. The van der Waals surface area contributed by atoms with Gasteiger partial charge < -0.3 is 34.3 Å². The van der Waals surface area contributed by atoms with Crippen molar-refractivity contribution in [1.82, 2.24) is 10.2 Å². The molecule has 59 heavy (non-hydrogen) atoms. The van der Waals surface area contributed by atoms with Gasteiger partial charge in [0.25, 0.3) is 0 Å². The molecule has 5 aromatic rings. The van der Waals surface area contributed by atoms with Crippen molar-refractivity contribution in [2.24, 2.45) is 5.92 Å². The van der Waals surface area contributed by atoms with Gasteiger partial charge in [-0.15, -0.1) is 0 Å². The maximum absolute atomic E-state index is 14.1. The zero-order valence-electron chi connectivity index (χ0n) is 31.7. The lowest BCUT2D eigenvalue weighted by atomic mass is 9.90. The highest BCUT2D eigenvalue weighted by atomic mass is 35.5. The number of aliphatic carboxylic acids is 1. The molecule has 3 aliphatic heterocycles. The first-order chi connectivity index (χ1) is 28.6. The number of fused-ring (bicyclic) bond motifs is 2. The predicted octanol–water partition coefficient (Wildman–Crippen LogP) is 7.73. The molecule has 0 saturated carbocycles. The quantitative estimate of drug-likeness (QED) is 0.137. The molecule has 11 nitrogen and oxygen atoms in total. The summed E-state index contributed by atoms with van der Waals surface area (Å²) in [4.78, 5) is 42.1. The number of hydrogen-bond acceptors (Lipinski definition) is 8. The topological polar surface area (TPSA) is 147 Å². The number of ether oxygens (including phenoxy) is 4. The van der Waals surface area contributed by atoms with Gasteiger partial charge >= 0.3 is 5.97 Å². The van der Waals surface area contributed by atoms with E-state index >= 15 is 0 Å². The van der Waals surface area contributed by atoms with Gasteiger partial charge in [0.15, 0.2) is 17.6 Å². The average Bonchev–Trinajstić information content (AvgIpc) is 3.81. The standard InChI is InChI=1S/C46H39Cl2N3O8/c47-37-14-5-29(17-38(37)48)24-57-36-12-10-32(11-13-36)43-26-58-41-20-34-19-40(51(23-35(34)21-42(41)59-43)45(53)33-15-16-56-25-33)44(52)50-39(46(54)55)18-27-1-6-30(7-2-27)31-8-3-28(22-49)4-9-31/h1-14,17,20-21,33,39-40,43H,15-16,18-19,23-26H2,(H,50,52)(H,54,55)/t33?,39-,40?,43+/m0/s1. The smallest absolute Gasteiger partial charge is 0.326 e. The van der Waals surface area contributed by atoms with Crippen molar-refractivity contribution < 1.29 is 38.4 Å². The summed E-state index contributed by atoms with van der Waals surface area (Å²) in [5.41, 5.74) is 6.50. The summed E-state index contributed by atoms with van der Waals surface area (Å²) in [7, 11) is 0. The molecule has 2 unspecified atom stereocenters. The van der Waals surface area contributed by atoms with E-state index in [9.17, 15) is 19.5 Å². The molecule has 300 valence electrons. The van der Waals surface area contributed by atoms with Crippen molar-refractivity contribution in [2.75, 3.05) is 19.8 Å². The van der Waals surface area contributed by atoms with Crippen LogP contribution in [0.2, 0.25) is 10.0 Å². The van der Waals surface area contributed by atoms with Gasteiger partial charge in [0.1, 0.15) is 31.0 Å². The number of carbonyl (C=O) groups is 3. The second-order valence-corrected chi connectivity index (χ2v) is 15.6. The molecule has 0 aromatic heterocycles. The van der Waals surface area contributed by atoms with Crippen molar-refractivity contribution in [1.29, 1.82) is 5.26 Å². The number of nitriles is 1. The lowest BCUT2D eigenvalue weighted by Crippen LogP contribution is -2.57. The zero-order chi connectivity index (χ0) is 41.0. The van der Waals surface area contributed by atoms with Gasteiger partial charge in [-0.05, 0) is 93.9 Å². The number of rotatable bonds is 11. The highest BCUT2D eigenvalue weighted by Gasteiger charge is 2.40. The first-order valence-electron chi connectivity index (χ1n) is 19.2. The van der Waals surface area contributed by atoms with Crippen molar-refractivity contribution in [2.45, 2.75) is 50.6 Å². The van der Waals surface area contributed by atoms with E-state index in [1.165, 1.54) is 0 Å². The highest BCUT2D eigenvalue weighted by Crippen LogP contribution is 2.41. The van der Waals surface area contributed by atoms with Gasteiger partial charge in [0.05, 0.1) is 34.2 Å². The third-order valence-corrected chi connectivity index (χ3v) is 11.7. The van der Waals surface area contributed by atoms with Crippen LogP contribution in [0.25, 0.3) is 11.1 Å². The van der Waals surface area contributed by atoms with Gasteiger partial charge in [0.2, 0.25) is 11.8 Å². The summed E-state index contributed by atoms with van der Waals surface area (Å²) >= 11 is 12.2. The largest absolute Gasteiger partial charge is 0.489 e. The van der Waals surface area contributed by atoms with Crippen LogP contribution in [0.1, 0.15) is 45.9 Å². The van der Waals surface area contributed by atoms with Crippen LogP contribution in [0.15, 0.2) is 103 Å². The molecule has 1 saturated heterocycles. The first-order valence-corrected chi connectivity index (χ1v) is 20.0. The Labute approximate surface area is 351 Å². The fourth-order valence-corrected chi connectivity index (χ4v) is 7.91. The molecule has 4 atom stereocenters. The summed E-state index contributed by atoms with van der Waals surface area (Å²) < 4.78 is 24.1. The van der Waals surface area contributed by atoms with Crippen LogP contribution >= 0.6 is 23.2 Å². The van der Waals surface area contributed by atoms with Gasteiger partial charge in [-0.1, -0.05) is 77.8 Å². The molecule has 8 rings (SSSR count). The molecule has 0 bridgehead atoms. The van der Waals surface area contributed by atoms with E-state index in [0.717, 1.165) is 33.4 Å². The molecule has 2 N–H and O–H groups in total. The Morgan fingerprint density at radius 1 is 0.864 bits per heavy atom. The van der Waals surface area contributed by atoms with E-state index in [-0.39, 0.29) is 38.5 Å². The Kier molecular flexibility index (Phi) is 11.7. The minimum Gasteiger partial charge on any atom is -0.489 e. The fourth-order valence-electron chi connectivity index (χ4n) is 7.59. The molecule has 0 aliphatic carbocycles. The minimum absolute atomic E-state index is 0.0385. The van der Waals surface area contributed by atoms with Crippen molar-refractivity contribution in [3.63, 3.8) is 0 Å². The van der Waals surface area contributed by atoms with Crippen molar-refractivity contribution in [3.8, 4) is 34.4 Å². The summed E-state index contributed by atoms with van der Waals surface area (Å²) in [5.74, 6) is -0.641. The van der Waals surface area contributed by atoms with Crippen LogP contribution in [-0.2, 0) is 45.1 Å². The molecular weight excluding hydrogens is 793 g/mol. The molecule has 3 aliphatic rings. The molecule has 0 spiro atoms. The maximum atomic E-state index is 14.1. The Morgan fingerprint density at radius 2 is 1.58 bits per heavy atom. The number of nitrogens with one attached hydrogen (secondary N) is 1. The second kappa shape index (κ2) is 17.4. The normalized spacial score (nSPS) is 18.6. The van der Waals surface area contributed by atoms with Crippen LogP contribution in [-0.4, -0.2) is 59.7 Å². The second-order valence-electron chi connectivity index (χ2n) is 14.8. The van der Waals surface area contributed by atoms with E-state index in [0.29, 0.717) is 58.1 Å². The summed E-state index contributed by atoms with van der Waals surface area (Å²) in [6.07, 6.45) is 0.335. The van der Waals surface area contributed by atoms with Crippen molar-refractivity contribution >= 4 is 41.0 Å². The maximum Gasteiger partial charge on any atom is 0.326 e. The van der Waals surface area contributed by atoms with E-state index < -0.39 is 36.0 Å². The lowest BCUT2D eigenvalue weighted by Gasteiger charge is -2.38. The third-order valence-electron chi connectivity index (χ3n) is 10.9. The Balaban J connectivity index is 0.957. The number of amides is 2. The summed E-state index contributed by atoms with van der Waals surface area (Å²) in [6.45, 7) is 1.41. The van der Waals surface area contributed by atoms with Crippen LogP contribution in [0.5, 0.6) is 17.2 Å². The zero-order valence-corrected chi connectivity index (χ0v) is 33.2. The van der Waals surface area contributed by atoms with E-state index in [4.69, 9.17) is 47.4 Å². The number of hydrogen-bond donors (Lipinski definition) is 2. The Morgan fingerprint density at radius 3 is 2.25 bits per heavy atom. The van der Waals surface area contributed by atoms with Gasteiger partial charge in [-0.25, -0.2) is 4.79 Å². The first kappa shape index (κ1) is 39.8. The number of carbonyl (C=O) groups excluding carboxylic acids is 2. The number of halogens is 2. The Hall–Kier alpha value is -6.06. The lowest BCUT2D eigenvalue weighted by molar-refractivity contribution is -0.147. The fraction of sp³-hybridized carbons (Fsp3) is 0.261. The van der Waals surface area contributed by atoms with E-state index in [1.807, 2.05) is 78.9 Å². The minimum atomic E-state index is -1.24. The number of carboxylic acid groups (broad SMARTS) is 1. The molecule has 3 heterocycles. The van der Waals surface area contributed by atoms with Gasteiger partial charge in [-0.3, -0.25) is 9.59 Å². The summed E-state index contributed by atoms with van der Waals surface area (Å²) in [6, 6.07) is 31.2. The van der Waals surface area contributed by atoms with Gasteiger partial charge in [-0.2, -0.15) is 5.26 Å². The van der Waals surface area contributed by atoms with Crippen molar-refractivity contribution in [3.05, 3.63) is 147 Å². The third kappa shape index (κ3) is 9.00. The van der Waals surface area contributed by atoms with E-state index in [2.05, 4.69) is 11.4 Å². The Bertz CT molecular complexity index is 2410. The van der Waals surface area contributed by atoms with Crippen LogP contribution in [0.3, 0.4) is 0 Å². The number of benzene rings is 5. The van der Waals surface area contributed by atoms with E-state index in [1.54, 1.807) is 29.2 Å². The SMILES string of the molecule is N#Cc1ccc(-c2ccc(C[C@H](NC(=O)C3Cc4cc5c(cc4CN3C(=O)C3CCOC3)O[C@@H](c3ccc(OCc4ccc(Cl)c(Cl)c4)cc3)CO5)C(=O)O)cc2)cc1.